The van der Waals surface area contributed by atoms with E-state index in [-0.39, 0.29) is 0 Å². The average Bonchev–Trinajstić information content (AvgIpc) is 2.31. The molecule has 0 spiro atoms. The first-order valence-electron chi connectivity index (χ1n) is 2.85. The predicted molar refractivity (Wildman–Crippen MR) is 33.9 cm³/mol. The van der Waals surface area contributed by atoms with Crippen LogP contribution in [0.4, 0.5) is 0 Å². The van der Waals surface area contributed by atoms with Crippen molar-refractivity contribution < 1.29 is 4.79 Å². The van der Waals surface area contributed by atoms with Crippen molar-refractivity contribution >= 4 is 6.41 Å². The second kappa shape index (κ2) is 2.95. The summed E-state index contributed by atoms with van der Waals surface area (Å²) in [4.78, 5) is 11.3. The van der Waals surface area contributed by atoms with Crippen LogP contribution in [0, 0.1) is 0 Å². The third kappa shape index (κ3) is 1.54. The lowest BCUT2D eigenvalue weighted by Crippen LogP contribution is -2.10. The van der Waals surface area contributed by atoms with Crippen LogP contribution in [0.15, 0.2) is 6.20 Å². The lowest BCUT2D eigenvalue weighted by Gasteiger charge is -1.89. The second-order valence-corrected chi connectivity index (χ2v) is 1.82. The lowest BCUT2D eigenvalue weighted by molar-refractivity contribution is -0.109. The molecule has 5 heteroatoms. The van der Waals surface area contributed by atoms with Crippen molar-refractivity contribution in [3.8, 4) is 0 Å². The molecule has 1 rings (SSSR count). The highest BCUT2D eigenvalue weighted by Crippen LogP contribution is 1.86. The molecule has 0 aromatic carbocycles. The SMILES string of the molecule is Cn1ncc(CNC=O)n1. The summed E-state index contributed by atoms with van der Waals surface area (Å²) in [5, 5.41) is 10.2. The Labute approximate surface area is 58.0 Å². The molecular weight excluding hydrogens is 132 g/mol. The normalized spacial score (nSPS) is 9.30. The fourth-order valence-corrected chi connectivity index (χ4v) is 0.615. The van der Waals surface area contributed by atoms with Gasteiger partial charge in [-0.25, -0.2) is 0 Å². The van der Waals surface area contributed by atoms with E-state index in [2.05, 4.69) is 15.5 Å². The molecule has 1 amide bonds. The minimum absolute atomic E-state index is 0.442. The number of nitrogens with zero attached hydrogens (tertiary/aromatic N) is 3. The van der Waals surface area contributed by atoms with Gasteiger partial charge in [0.15, 0.2) is 0 Å². The van der Waals surface area contributed by atoms with Gasteiger partial charge in [0.1, 0.15) is 5.69 Å². The number of aryl methyl sites for hydroxylation is 1. The van der Waals surface area contributed by atoms with Crippen LogP contribution in [0.5, 0.6) is 0 Å². The Kier molecular flexibility index (Phi) is 1.99. The fraction of sp³-hybridized carbons (Fsp3) is 0.400. The van der Waals surface area contributed by atoms with Crippen molar-refractivity contribution in [1.29, 1.82) is 0 Å². The summed E-state index contributed by atoms with van der Waals surface area (Å²) in [6, 6.07) is 0. The van der Waals surface area contributed by atoms with Gasteiger partial charge in [-0.3, -0.25) is 4.79 Å². The molecule has 0 aliphatic heterocycles. The molecule has 1 aromatic rings. The molecule has 0 saturated carbocycles. The molecule has 54 valence electrons. The summed E-state index contributed by atoms with van der Waals surface area (Å²) in [7, 11) is 1.73. The smallest absolute Gasteiger partial charge is 0.207 e. The quantitative estimate of drug-likeness (QED) is 0.551. The first-order valence-corrected chi connectivity index (χ1v) is 2.85. The van der Waals surface area contributed by atoms with Gasteiger partial charge in [-0.15, -0.1) is 0 Å². The van der Waals surface area contributed by atoms with Crippen molar-refractivity contribution in [2.75, 3.05) is 0 Å². The standard InChI is InChI=1S/C5H8N4O/c1-9-7-3-5(8-9)2-6-4-10/h3-4H,2H2,1H3,(H,6,10). The van der Waals surface area contributed by atoms with E-state index < -0.39 is 0 Å². The second-order valence-electron chi connectivity index (χ2n) is 1.82. The Morgan fingerprint density at radius 3 is 3.20 bits per heavy atom. The van der Waals surface area contributed by atoms with Gasteiger partial charge in [0.05, 0.1) is 12.7 Å². The van der Waals surface area contributed by atoms with Gasteiger partial charge in [0.2, 0.25) is 6.41 Å². The van der Waals surface area contributed by atoms with Gasteiger partial charge in [-0.05, 0) is 0 Å². The van der Waals surface area contributed by atoms with Gasteiger partial charge >= 0.3 is 0 Å². The molecule has 10 heavy (non-hydrogen) atoms. The number of rotatable bonds is 3. The summed E-state index contributed by atoms with van der Waals surface area (Å²) in [5.41, 5.74) is 0.759. The van der Waals surface area contributed by atoms with Crippen LogP contribution >= 0.6 is 0 Å². The van der Waals surface area contributed by atoms with Crippen LogP contribution < -0.4 is 5.32 Å². The highest BCUT2D eigenvalue weighted by Gasteiger charge is 1.93. The first kappa shape index (κ1) is 6.73. The number of hydrogen-bond acceptors (Lipinski definition) is 3. The number of carbonyl (C=O) groups excluding carboxylic acids is 1. The molecular formula is C5H8N4O. The Morgan fingerprint density at radius 1 is 1.90 bits per heavy atom. The molecule has 0 aliphatic carbocycles. The van der Waals surface area contributed by atoms with E-state index in [0.29, 0.717) is 13.0 Å². The van der Waals surface area contributed by atoms with Crippen molar-refractivity contribution in [1.82, 2.24) is 20.3 Å². The maximum Gasteiger partial charge on any atom is 0.207 e. The van der Waals surface area contributed by atoms with E-state index in [1.807, 2.05) is 0 Å². The summed E-state index contributed by atoms with van der Waals surface area (Å²) < 4.78 is 0. The number of carbonyl (C=O) groups is 1. The minimum atomic E-state index is 0.442. The summed E-state index contributed by atoms with van der Waals surface area (Å²) in [5.74, 6) is 0. The monoisotopic (exact) mass is 140 g/mol. The lowest BCUT2D eigenvalue weighted by atomic mass is 10.5. The maximum atomic E-state index is 9.82. The van der Waals surface area contributed by atoms with Crippen molar-refractivity contribution in [2.45, 2.75) is 6.54 Å². The molecule has 0 radical (unpaired) electrons. The maximum absolute atomic E-state index is 9.82. The van der Waals surface area contributed by atoms with E-state index in [0.717, 1.165) is 5.69 Å². The zero-order chi connectivity index (χ0) is 7.40. The molecule has 1 heterocycles. The van der Waals surface area contributed by atoms with Crippen LogP contribution in [0.2, 0.25) is 0 Å². The molecule has 0 bridgehead atoms. The first-order chi connectivity index (χ1) is 4.83. The highest BCUT2D eigenvalue weighted by atomic mass is 16.1. The van der Waals surface area contributed by atoms with Gasteiger partial charge in [0.25, 0.3) is 0 Å². The number of hydrogen-bond donors (Lipinski definition) is 1. The van der Waals surface area contributed by atoms with Crippen molar-refractivity contribution in [3.05, 3.63) is 11.9 Å². The third-order valence-corrected chi connectivity index (χ3v) is 1.01. The Hall–Kier alpha value is -1.39. The van der Waals surface area contributed by atoms with Crippen LogP contribution in [0.1, 0.15) is 5.69 Å². The predicted octanol–water partition coefficient (Wildman–Crippen LogP) is -0.939. The molecule has 0 aliphatic rings. The number of aromatic nitrogens is 3. The van der Waals surface area contributed by atoms with E-state index >= 15 is 0 Å². The van der Waals surface area contributed by atoms with E-state index in [1.165, 1.54) is 4.80 Å². The highest BCUT2D eigenvalue weighted by molar-refractivity contribution is 5.45. The van der Waals surface area contributed by atoms with Crippen LogP contribution in [-0.4, -0.2) is 21.4 Å². The van der Waals surface area contributed by atoms with Crippen LogP contribution in [0.3, 0.4) is 0 Å². The van der Waals surface area contributed by atoms with E-state index in [4.69, 9.17) is 0 Å². The molecule has 1 aromatic heterocycles. The minimum Gasteiger partial charge on any atom is -0.353 e. The summed E-state index contributed by atoms with van der Waals surface area (Å²) in [6.45, 7) is 0.442. The Balaban J connectivity index is 2.49. The zero-order valence-corrected chi connectivity index (χ0v) is 5.61. The van der Waals surface area contributed by atoms with Gasteiger partial charge in [0, 0.05) is 7.05 Å². The topological polar surface area (TPSA) is 59.8 Å². The number of nitrogens with one attached hydrogen (secondary N) is 1. The molecule has 0 atom stereocenters. The van der Waals surface area contributed by atoms with Gasteiger partial charge in [-0.2, -0.15) is 15.0 Å². The van der Waals surface area contributed by atoms with Crippen molar-refractivity contribution in [3.63, 3.8) is 0 Å². The van der Waals surface area contributed by atoms with E-state index in [9.17, 15) is 4.79 Å². The van der Waals surface area contributed by atoms with Gasteiger partial charge in [-0.1, -0.05) is 0 Å². The fourth-order valence-electron chi connectivity index (χ4n) is 0.615. The largest absolute Gasteiger partial charge is 0.353 e. The average molecular weight is 140 g/mol. The third-order valence-electron chi connectivity index (χ3n) is 1.01. The number of amides is 1. The molecule has 1 N–H and O–H groups in total. The van der Waals surface area contributed by atoms with Crippen LogP contribution in [0.25, 0.3) is 0 Å². The zero-order valence-electron chi connectivity index (χ0n) is 5.61. The van der Waals surface area contributed by atoms with Crippen LogP contribution in [-0.2, 0) is 18.4 Å². The Bertz CT molecular complexity index is 219. The molecule has 0 unspecified atom stereocenters. The molecule has 5 nitrogen and oxygen atoms in total. The van der Waals surface area contributed by atoms with E-state index in [1.54, 1.807) is 13.2 Å². The van der Waals surface area contributed by atoms with Gasteiger partial charge < -0.3 is 5.32 Å². The summed E-state index contributed by atoms with van der Waals surface area (Å²) in [6.07, 6.45) is 2.24. The van der Waals surface area contributed by atoms with Crippen molar-refractivity contribution in [2.24, 2.45) is 7.05 Å². The molecule has 0 saturated heterocycles. The Morgan fingerprint density at radius 2 is 2.70 bits per heavy atom. The molecule has 0 fully saturated rings. The summed E-state index contributed by atoms with van der Waals surface area (Å²) >= 11 is 0.